The van der Waals surface area contributed by atoms with Gasteiger partial charge >= 0.3 is 0 Å². The third-order valence-electron chi connectivity index (χ3n) is 8.99. The molecule has 0 N–H and O–H groups in total. The highest BCUT2D eigenvalue weighted by Crippen LogP contribution is 2.47. The van der Waals surface area contributed by atoms with Gasteiger partial charge in [0.25, 0.3) is 0 Å². The van der Waals surface area contributed by atoms with Crippen LogP contribution in [0.4, 0.5) is 0 Å². The molecule has 0 atom stereocenters. The standard InChI is InChI=1S/C42H26/c1-3-10-27(11-4-1)34-24-25-37-38(40(34)28-12-5-2-6-13-28)26-32-14-7-8-17-33(32)42(37)36-23-21-31-19-18-29-15-9-16-30-20-22-35(36)41(31)39(29)30/h1-26H. The first kappa shape index (κ1) is 23.3. The summed E-state index contributed by atoms with van der Waals surface area (Å²) in [5, 5.41) is 13.0. The van der Waals surface area contributed by atoms with E-state index in [2.05, 4.69) is 158 Å². The van der Waals surface area contributed by atoms with E-state index in [9.17, 15) is 0 Å². The number of rotatable bonds is 3. The molecule has 0 unspecified atom stereocenters. The lowest BCUT2D eigenvalue weighted by Gasteiger charge is -2.20. The molecule has 9 aromatic rings. The second kappa shape index (κ2) is 9.03. The summed E-state index contributed by atoms with van der Waals surface area (Å²) in [7, 11) is 0. The first-order valence-electron chi connectivity index (χ1n) is 14.6. The maximum Gasteiger partial charge on any atom is -0.00203 e. The van der Waals surface area contributed by atoms with Gasteiger partial charge < -0.3 is 0 Å². The van der Waals surface area contributed by atoms with Gasteiger partial charge in [-0.1, -0.05) is 152 Å². The van der Waals surface area contributed by atoms with Crippen LogP contribution in [0.3, 0.4) is 0 Å². The molecular weight excluding hydrogens is 504 g/mol. The number of benzene rings is 9. The molecule has 0 heterocycles. The van der Waals surface area contributed by atoms with Crippen LogP contribution in [0.15, 0.2) is 158 Å². The third-order valence-corrected chi connectivity index (χ3v) is 8.99. The number of hydrogen-bond donors (Lipinski definition) is 0. The van der Waals surface area contributed by atoms with E-state index in [1.54, 1.807) is 0 Å². The van der Waals surface area contributed by atoms with E-state index < -0.39 is 0 Å². The van der Waals surface area contributed by atoms with E-state index in [1.807, 2.05) is 0 Å². The zero-order valence-electron chi connectivity index (χ0n) is 23.0. The SMILES string of the molecule is c1ccc(-c2ccc3c(-c4ccc5ccc6cccc7ccc4c5c67)c4ccccc4cc3c2-c2ccccc2)cc1. The Morgan fingerprint density at radius 1 is 0.262 bits per heavy atom. The van der Waals surface area contributed by atoms with Crippen molar-refractivity contribution < 1.29 is 0 Å². The molecule has 0 aliphatic heterocycles. The van der Waals surface area contributed by atoms with Crippen molar-refractivity contribution in [1.82, 2.24) is 0 Å². The average molecular weight is 531 g/mol. The zero-order valence-corrected chi connectivity index (χ0v) is 23.0. The van der Waals surface area contributed by atoms with Gasteiger partial charge in [0, 0.05) is 0 Å². The lowest BCUT2D eigenvalue weighted by Crippen LogP contribution is -1.93. The van der Waals surface area contributed by atoms with E-state index in [-0.39, 0.29) is 0 Å². The molecule has 0 amide bonds. The van der Waals surface area contributed by atoms with E-state index in [0.29, 0.717) is 0 Å². The smallest absolute Gasteiger partial charge is 0.00203 e. The van der Waals surface area contributed by atoms with Gasteiger partial charge in [-0.25, -0.2) is 0 Å². The van der Waals surface area contributed by atoms with Crippen molar-refractivity contribution in [2.75, 3.05) is 0 Å². The van der Waals surface area contributed by atoms with Crippen LogP contribution in [-0.2, 0) is 0 Å². The normalized spacial score (nSPS) is 11.8. The summed E-state index contributed by atoms with van der Waals surface area (Å²) in [5.41, 5.74) is 7.59. The minimum Gasteiger partial charge on any atom is -0.0622 e. The van der Waals surface area contributed by atoms with Crippen LogP contribution < -0.4 is 0 Å². The Kier molecular flexibility index (Phi) is 5.00. The summed E-state index contributed by atoms with van der Waals surface area (Å²) < 4.78 is 0. The molecule has 0 aliphatic rings. The molecule has 0 saturated heterocycles. The van der Waals surface area contributed by atoms with Crippen molar-refractivity contribution in [1.29, 1.82) is 0 Å². The fraction of sp³-hybridized carbons (Fsp3) is 0. The van der Waals surface area contributed by atoms with Gasteiger partial charge in [0.05, 0.1) is 0 Å². The summed E-state index contributed by atoms with van der Waals surface area (Å²) >= 11 is 0. The van der Waals surface area contributed by atoms with Crippen molar-refractivity contribution >= 4 is 53.9 Å². The molecule has 9 rings (SSSR count). The quantitative estimate of drug-likeness (QED) is 0.157. The average Bonchev–Trinajstić information content (AvgIpc) is 3.06. The molecule has 0 bridgehead atoms. The Balaban J connectivity index is 1.47. The summed E-state index contributed by atoms with van der Waals surface area (Å²) in [6.07, 6.45) is 0. The first-order chi connectivity index (χ1) is 20.8. The molecule has 194 valence electrons. The lowest BCUT2D eigenvalue weighted by molar-refractivity contribution is 1.61. The van der Waals surface area contributed by atoms with E-state index in [0.717, 1.165) is 0 Å². The molecule has 0 spiro atoms. The predicted octanol–water partition coefficient (Wildman–Crippen LogP) is 11.9. The molecule has 0 aromatic heterocycles. The van der Waals surface area contributed by atoms with E-state index >= 15 is 0 Å². The molecule has 0 fully saturated rings. The molecule has 0 heteroatoms. The van der Waals surface area contributed by atoms with Gasteiger partial charge in [-0.05, 0) is 93.3 Å². The van der Waals surface area contributed by atoms with Gasteiger partial charge in [0.2, 0.25) is 0 Å². The summed E-state index contributed by atoms with van der Waals surface area (Å²) in [6, 6.07) is 58.1. The van der Waals surface area contributed by atoms with Gasteiger partial charge in [-0.3, -0.25) is 0 Å². The Hall–Kier alpha value is -5.46. The van der Waals surface area contributed by atoms with Crippen molar-refractivity contribution in [2.45, 2.75) is 0 Å². The van der Waals surface area contributed by atoms with Crippen molar-refractivity contribution in [2.24, 2.45) is 0 Å². The Labute approximate surface area is 244 Å². The lowest BCUT2D eigenvalue weighted by atomic mass is 9.83. The zero-order chi connectivity index (χ0) is 27.6. The third kappa shape index (κ3) is 3.36. The Morgan fingerprint density at radius 2 is 0.833 bits per heavy atom. The van der Waals surface area contributed by atoms with Crippen molar-refractivity contribution in [3.63, 3.8) is 0 Å². The van der Waals surface area contributed by atoms with Crippen LogP contribution in [0, 0.1) is 0 Å². The monoisotopic (exact) mass is 530 g/mol. The summed E-state index contributed by atoms with van der Waals surface area (Å²) in [6.45, 7) is 0. The highest BCUT2D eigenvalue weighted by atomic mass is 14.2. The fourth-order valence-electron chi connectivity index (χ4n) is 7.16. The topological polar surface area (TPSA) is 0 Å². The van der Waals surface area contributed by atoms with Crippen LogP contribution in [0.25, 0.3) is 87.2 Å². The van der Waals surface area contributed by atoms with Gasteiger partial charge in [0.15, 0.2) is 0 Å². The van der Waals surface area contributed by atoms with Crippen LogP contribution in [0.5, 0.6) is 0 Å². The van der Waals surface area contributed by atoms with E-state index in [1.165, 1.54) is 87.2 Å². The minimum absolute atomic E-state index is 1.23. The molecule has 0 saturated carbocycles. The van der Waals surface area contributed by atoms with Crippen molar-refractivity contribution in [3.05, 3.63) is 158 Å². The van der Waals surface area contributed by atoms with Crippen LogP contribution >= 0.6 is 0 Å². The van der Waals surface area contributed by atoms with Crippen LogP contribution in [0.1, 0.15) is 0 Å². The summed E-state index contributed by atoms with van der Waals surface area (Å²) in [5.74, 6) is 0. The largest absolute Gasteiger partial charge is 0.0622 e. The highest BCUT2D eigenvalue weighted by molar-refractivity contribution is 6.28. The number of fused-ring (bicyclic) bond motifs is 2. The summed E-state index contributed by atoms with van der Waals surface area (Å²) in [4.78, 5) is 0. The Bertz CT molecular complexity index is 2420. The molecule has 9 aromatic carbocycles. The highest BCUT2D eigenvalue weighted by Gasteiger charge is 2.19. The maximum atomic E-state index is 2.40. The van der Waals surface area contributed by atoms with Gasteiger partial charge in [-0.15, -0.1) is 0 Å². The molecule has 0 aliphatic carbocycles. The Morgan fingerprint density at radius 3 is 1.62 bits per heavy atom. The molecular formula is C42H26. The molecule has 0 nitrogen and oxygen atoms in total. The molecule has 0 radical (unpaired) electrons. The van der Waals surface area contributed by atoms with Crippen molar-refractivity contribution in [3.8, 4) is 33.4 Å². The first-order valence-corrected chi connectivity index (χ1v) is 14.6. The second-order valence-corrected chi connectivity index (χ2v) is 11.3. The van der Waals surface area contributed by atoms with Gasteiger partial charge in [0.1, 0.15) is 0 Å². The van der Waals surface area contributed by atoms with Crippen LogP contribution in [0.2, 0.25) is 0 Å². The van der Waals surface area contributed by atoms with Crippen LogP contribution in [-0.4, -0.2) is 0 Å². The minimum atomic E-state index is 1.23. The van der Waals surface area contributed by atoms with Gasteiger partial charge in [-0.2, -0.15) is 0 Å². The molecule has 42 heavy (non-hydrogen) atoms. The number of hydrogen-bond acceptors (Lipinski definition) is 0. The second-order valence-electron chi connectivity index (χ2n) is 11.3. The fourth-order valence-corrected chi connectivity index (χ4v) is 7.16. The predicted molar refractivity (Wildman–Crippen MR) is 181 cm³/mol. The van der Waals surface area contributed by atoms with E-state index in [4.69, 9.17) is 0 Å². The maximum absolute atomic E-state index is 2.40.